The first-order valence-electron chi connectivity index (χ1n) is 7.40. The summed E-state index contributed by atoms with van der Waals surface area (Å²) in [6, 6.07) is 12.3. The average molecular weight is 312 g/mol. The first kappa shape index (κ1) is 16.5. The smallest absolute Gasteiger partial charge is 0.319 e. The van der Waals surface area contributed by atoms with Gasteiger partial charge < -0.3 is 16.0 Å². The summed E-state index contributed by atoms with van der Waals surface area (Å²) in [5.74, 6) is -0.218. The molecule has 3 amide bonds. The third-order valence-electron chi connectivity index (χ3n) is 2.98. The van der Waals surface area contributed by atoms with E-state index in [0.29, 0.717) is 17.9 Å². The Morgan fingerprint density at radius 1 is 1.09 bits per heavy atom. The van der Waals surface area contributed by atoms with Crippen LogP contribution in [0.15, 0.2) is 48.7 Å². The average Bonchev–Trinajstić information content (AvgIpc) is 2.54. The molecule has 0 saturated carbocycles. The largest absolute Gasteiger partial charge is 0.347 e. The van der Waals surface area contributed by atoms with Crippen molar-refractivity contribution in [1.29, 1.82) is 0 Å². The normalized spacial score (nSPS) is 10.2. The van der Waals surface area contributed by atoms with E-state index < -0.39 is 0 Å². The molecule has 0 spiro atoms. The van der Waals surface area contributed by atoms with Gasteiger partial charge in [0.15, 0.2) is 0 Å². The maximum absolute atomic E-state index is 11.9. The van der Waals surface area contributed by atoms with Crippen molar-refractivity contribution in [2.45, 2.75) is 26.4 Å². The van der Waals surface area contributed by atoms with Crippen molar-refractivity contribution in [3.8, 4) is 0 Å². The number of carbonyl (C=O) groups excluding carboxylic acids is 2. The Balaban J connectivity index is 1.85. The Bertz CT molecular complexity index is 654. The van der Waals surface area contributed by atoms with Gasteiger partial charge in [-0.15, -0.1) is 0 Å². The lowest BCUT2D eigenvalue weighted by Crippen LogP contribution is -2.34. The van der Waals surface area contributed by atoms with Crippen molar-refractivity contribution in [2.24, 2.45) is 0 Å². The fourth-order valence-corrected chi connectivity index (χ4v) is 1.91. The van der Waals surface area contributed by atoms with Gasteiger partial charge in [-0.3, -0.25) is 9.78 Å². The van der Waals surface area contributed by atoms with E-state index in [1.54, 1.807) is 36.5 Å². The lowest BCUT2D eigenvalue weighted by atomic mass is 10.2. The minimum atomic E-state index is -0.240. The van der Waals surface area contributed by atoms with Crippen LogP contribution in [0.2, 0.25) is 0 Å². The van der Waals surface area contributed by atoms with E-state index in [1.807, 2.05) is 26.0 Å². The van der Waals surface area contributed by atoms with Gasteiger partial charge >= 0.3 is 6.03 Å². The summed E-state index contributed by atoms with van der Waals surface area (Å²) in [4.78, 5) is 27.5. The van der Waals surface area contributed by atoms with E-state index in [2.05, 4.69) is 20.9 Å². The number of hydrogen-bond acceptors (Lipinski definition) is 3. The Morgan fingerprint density at radius 3 is 2.43 bits per heavy atom. The fourth-order valence-electron chi connectivity index (χ4n) is 1.91. The second kappa shape index (κ2) is 7.93. The predicted octanol–water partition coefficient (Wildman–Crippen LogP) is 2.54. The third kappa shape index (κ3) is 5.43. The van der Waals surface area contributed by atoms with Crippen LogP contribution in [0, 0.1) is 0 Å². The van der Waals surface area contributed by atoms with Gasteiger partial charge in [0.25, 0.3) is 5.91 Å². The quantitative estimate of drug-likeness (QED) is 0.793. The molecule has 0 aliphatic rings. The van der Waals surface area contributed by atoms with Gasteiger partial charge in [-0.2, -0.15) is 0 Å². The Hall–Kier alpha value is -2.89. The van der Waals surface area contributed by atoms with Crippen LogP contribution in [-0.4, -0.2) is 23.0 Å². The summed E-state index contributed by atoms with van der Waals surface area (Å²) < 4.78 is 0. The van der Waals surface area contributed by atoms with Crippen molar-refractivity contribution in [3.63, 3.8) is 0 Å². The van der Waals surface area contributed by atoms with Gasteiger partial charge in [0.1, 0.15) is 5.69 Å². The number of hydrogen-bond donors (Lipinski definition) is 3. The van der Waals surface area contributed by atoms with E-state index in [9.17, 15) is 9.59 Å². The molecule has 1 aromatic heterocycles. The summed E-state index contributed by atoms with van der Waals surface area (Å²) >= 11 is 0. The molecule has 2 rings (SSSR count). The summed E-state index contributed by atoms with van der Waals surface area (Å²) in [6.45, 7) is 4.19. The zero-order valence-electron chi connectivity index (χ0n) is 13.2. The molecule has 0 fully saturated rings. The SMILES string of the molecule is CC(C)NC(=O)Nc1ccc(CNC(=O)c2ccccn2)cc1. The Kier molecular flexibility index (Phi) is 5.68. The van der Waals surface area contributed by atoms with Crippen LogP contribution >= 0.6 is 0 Å². The monoisotopic (exact) mass is 312 g/mol. The molecule has 0 aliphatic carbocycles. The van der Waals surface area contributed by atoms with Gasteiger partial charge in [-0.05, 0) is 43.7 Å². The highest BCUT2D eigenvalue weighted by molar-refractivity contribution is 5.92. The van der Waals surface area contributed by atoms with Gasteiger partial charge in [0, 0.05) is 24.5 Å². The van der Waals surface area contributed by atoms with E-state index in [-0.39, 0.29) is 18.0 Å². The zero-order valence-corrected chi connectivity index (χ0v) is 13.2. The zero-order chi connectivity index (χ0) is 16.7. The molecule has 0 saturated heterocycles. The second-order valence-corrected chi connectivity index (χ2v) is 5.35. The van der Waals surface area contributed by atoms with Gasteiger partial charge in [0.2, 0.25) is 0 Å². The molecule has 1 aromatic carbocycles. The molecule has 0 atom stereocenters. The van der Waals surface area contributed by atoms with Crippen LogP contribution in [0.3, 0.4) is 0 Å². The molecular weight excluding hydrogens is 292 g/mol. The van der Waals surface area contributed by atoms with Crippen molar-refractivity contribution >= 4 is 17.6 Å². The predicted molar refractivity (Wildman–Crippen MR) is 89.1 cm³/mol. The molecule has 0 aliphatic heterocycles. The molecule has 0 radical (unpaired) electrons. The number of pyridine rings is 1. The minimum absolute atomic E-state index is 0.0797. The molecule has 0 unspecified atom stereocenters. The molecule has 0 bridgehead atoms. The molecule has 1 heterocycles. The first-order valence-corrected chi connectivity index (χ1v) is 7.40. The molecule has 23 heavy (non-hydrogen) atoms. The molecule has 2 aromatic rings. The number of anilines is 1. The number of rotatable bonds is 5. The number of carbonyl (C=O) groups is 2. The summed E-state index contributed by atoms with van der Waals surface area (Å²) in [5.41, 5.74) is 2.02. The Morgan fingerprint density at radius 2 is 1.83 bits per heavy atom. The molecule has 6 nitrogen and oxygen atoms in total. The van der Waals surface area contributed by atoms with Crippen molar-refractivity contribution < 1.29 is 9.59 Å². The highest BCUT2D eigenvalue weighted by Crippen LogP contribution is 2.09. The van der Waals surface area contributed by atoms with Gasteiger partial charge in [-0.25, -0.2) is 4.79 Å². The van der Waals surface area contributed by atoms with Crippen LogP contribution in [0.5, 0.6) is 0 Å². The van der Waals surface area contributed by atoms with E-state index in [4.69, 9.17) is 0 Å². The van der Waals surface area contributed by atoms with Crippen LogP contribution in [0.1, 0.15) is 29.9 Å². The van der Waals surface area contributed by atoms with Crippen molar-refractivity contribution in [2.75, 3.05) is 5.32 Å². The molecule has 3 N–H and O–H groups in total. The highest BCUT2D eigenvalue weighted by atomic mass is 16.2. The van der Waals surface area contributed by atoms with E-state index in [0.717, 1.165) is 5.56 Å². The Labute approximate surface area is 135 Å². The van der Waals surface area contributed by atoms with Crippen LogP contribution in [0.25, 0.3) is 0 Å². The van der Waals surface area contributed by atoms with E-state index in [1.165, 1.54) is 0 Å². The maximum Gasteiger partial charge on any atom is 0.319 e. The van der Waals surface area contributed by atoms with E-state index >= 15 is 0 Å². The number of benzene rings is 1. The lowest BCUT2D eigenvalue weighted by molar-refractivity contribution is 0.0946. The van der Waals surface area contributed by atoms with Crippen molar-refractivity contribution in [1.82, 2.24) is 15.6 Å². The molecular formula is C17H20N4O2. The number of amides is 3. The molecule has 120 valence electrons. The highest BCUT2D eigenvalue weighted by Gasteiger charge is 2.06. The van der Waals surface area contributed by atoms with Crippen LogP contribution in [0.4, 0.5) is 10.5 Å². The number of urea groups is 1. The standard InChI is InChI=1S/C17H20N4O2/c1-12(2)20-17(23)21-14-8-6-13(7-9-14)11-19-16(22)15-5-3-4-10-18-15/h3-10,12H,11H2,1-2H3,(H,19,22)(H2,20,21,23). The first-order chi connectivity index (χ1) is 11.0. The number of aromatic nitrogens is 1. The molecule has 6 heteroatoms. The summed E-state index contributed by atoms with van der Waals surface area (Å²) in [5, 5.41) is 8.29. The topological polar surface area (TPSA) is 83.1 Å². The number of nitrogens with zero attached hydrogens (tertiary/aromatic N) is 1. The van der Waals surface area contributed by atoms with Gasteiger partial charge in [0.05, 0.1) is 0 Å². The van der Waals surface area contributed by atoms with Crippen LogP contribution in [-0.2, 0) is 6.54 Å². The lowest BCUT2D eigenvalue weighted by Gasteiger charge is -2.10. The third-order valence-corrected chi connectivity index (χ3v) is 2.98. The van der Waals surface area contributed by atoms with Crippen LogP contribution < -0.4 is 16.0 Å². The summed E-state index contributed by atoms with van der Waals surface area (Å²) in [6.07, 6.45) is 1.58. The minimum Gasteiger partial charge on any atom is -0.347 e. The van der Waals surface area contributed by atoms with Gasteiger partial charge in [-0.1, -0.05) is 18.2 Å². The number of nitrogens with one attached hydrogen (secondary N) is 3. The summed E-state index contributed by atoms with van der Waals surface area (Å²) in [7, 11) is 0. The second-order valence-electron chi connectivity index (χ2n) is 5.35. The van der Waals surface area contributed by atoms with Crippen molar-refractivity contribution in [3.05, 3.63) is 59.9 Å². The maximum atomic E-state index is 11.9. The fraction of sp³-hybridized carbons (Fsp3) is 0.235.